The van der Waals surface area contributed by atoms with E-state index in [0.29, 0.717) is 6.42 Å². The smallest absolute Gasteiger partial charge is 0.330 e. The van der Waals surface area contributed by atoms with Gasteiger partial charge >= 0.3 is 10.4 Å². The Morgan fingerprint density at radius 2 is 0.788 bits per heavy atom. The van der Waals surface area contributed by atoms with Crippen LogP contribution in [0.2, 0.25) is 0 Å². The van der Waals surface area contributed by atoms with Crippen LogP contribution in [-0.4, -0.2) is 26.1 Å². The Bertz CT molecular complexity index is 431. The summed E-state index contributed by atoms with van der Waals surface area (Å²) in [6.45, 7) is 5.48. The first-order valence-corrected chi connectivity index (χ1v) is 15.7. The summed E-state index contributed by atoms with van der Waals surface area (Å²) in [5.41, 5.74) is 5.44. The maximum atomic E-state index is 10.3. The molecule has 202 valence electrons. The molecule has 0 aromatic rings. The van der Waals surface area contributed by atoms with Gasteiger partial charge in [-0.25, -0.2) is 4.18 Å². The zero-order chi connectivity index (χ0) is 24.9. The third kappa shape index (κ3) is 39.3. The highest BCUT2D eigenvalue weighted by molar-refractivity contribution is 7.80. The minimum Gasteiger partial charge on any atom is -0.330 e. The summed E-state index contributed by atoms with van der Waals surface area (Å²) in [5, 5.41) is 0. The van der Waals surface area contributed by atoms with Crippen LogP contribution in [0.25, 0.3) is 0 Å². The number of rotatable bonds is 25. The molecule has 0 aliphatic heterocycles. The van der Waals surface area contributed by atoms with Crippen LogP contribution >= 0.6 is 0 Å². The molecule has 0 unspecified atom stereocenters. The third-order valence-corrected chi connectivity index (χ3v) is 6.50. The van der Waals surface area contributed by atoms with Crippen molar-refractivity contribution in [1.29, 1.82) is 0 Å². The molecule has 0 heterocycles. The van der Waals surface area contributed by atoms with Crippen molar-refractivity contribution in [3.63, 3.8) is 0 Å². The molecule has 0 fully saturated rings. The number of unbranched alkanes of at least 4 members (excludes halogenated alkanes) is 21. The molecule has 6 heteroatoms. The van der Waals surface area contributed by atoms with Crippen molar-refractivity contribution in [2.45, 2.75) is 162 Å². The van der Waals surface area contributed by atoms with Crippen molar-refractivity contribution in [2.24, 2.45) is 5.73 Å². The van der Waals surface area contributed by atoms with E-state index < -0.39 is 10.4 Å². The molecule has 0 bridgehead atoms. The molecule has 0 spiro atoms. The van der Waals surface area contributed by atoms with E-state index in [0.717, 1.165) is 19.4 Å². The molecular weight excluding hydrogens is 434 g/mol. The molecule has 0 aliphatic carbocycles. The maximum Gasteiger partial charge on any atom is 0.397 e. The molecular formula is C27H59NO4S. The van der Waals surface area contributed by atoms with E-state index in [4.69, 9.17) is 10.3 Å². The third-order valence-electron chi connectivity index (χ3n) is 6.04. The first-order chi connectivity index (χ1) is 16.0. The highest BCUT2D eigenvalue weighted by atomic mass is 32.3. The van der Waals surface area contributed by atoms with E-state index in [2.05, 4.69) is 18.0 Å². The Kier molecular flexibility index (Phi) is 31.7. The van der Waals surface area contributed by atoms with Gasteiger partial charge in [-0.15, -0.1) is 0 Å². The zero-order valence-electron chi connectivity index (χ0n) is 22.3. The van der Waals surface area contributed by atoms with Gasteiger partial charge < -0.3 is 5.73 Å². The Balaban J connectivity index is 0. The van der Waals surface area contributed by atoms with Gasteiger partial charge in [0.2, 0.25) is 0 Å². The predicted molar refractivity (Wildman–Crippen MR) is 144 cm³/mol. The normalized spacial score (nSPS) is 11.4. The van der Waals surface area contributed by atoms with Crippen LogP contribution in [0.4, 0.5) is 0 Å². The second-order valence-corrected chi connectivity index (χ2v) is 10.6. The summed E-state index contributed by atoms with van der Waals surface area (Å²) in [5.74, 6) is 0. The lowest BCUT2D eigenvalue weighted by Gasteiger charge is -2.02. The molecule has 0 rings (SSSR count). The van der Waals surface area contributed by atoms with Gasteiger partial charge in [0.05, 0.1) is 6.61 Å². The molecule has 0 aromatic heterocycles. The van der Waals surface area contributed by atoms with Gasteiger partial charge in [0.25, 0.3) is 0 Å². The van der Waals surface area contributed by atoms with Crippen molar-refractivity contribution in [1.82, 2.24) is 0 Å². The zero-order valence-corrected chi connectivity index (χ0v) is 23.2. The average molecular weight is 494 g/mol. The first kappa shape index (κ1) is 35.0. The maximum absolute atomic E-state index is 10.3. The lowest BCUT2D eigenvalue weighted by molar-refractivity contribution is 0.261. The SMILES string of the molecule is CCCCCCCCCCCCCCOS(=O)(=O)O.CCCCCCCCCCCCCN. The largest absolute Gasteiger partial charge is 0.397 e. The fraction of sp³-hybridized carbons (Fsp3) is 1.00. The fourth-order valence-corrected chi connectivity index (χ4v) is 4.24. The van der Waals surface area contributed by atoms with Gasteiger partial charge in [-0.2, -0.15) is 8.42 Å². The number of hydrogen-bond acceptors (Lipinski definition) is 4. The van der Waals surface area contributed by atoms with Crippen LogP contribution in [0.3, 0.4) is 0 Å². The highest BCUT2D eigenvalue weighted by Crippen LogP contribution is 2.12. The summed E-state index contributed by atoms with van der Waals surface area (Å²) >= 11 is 0. The minimum absolute atomic E-state index is 0.0935. The van der Waals surface area contributed by atoms with Crippen LogP contribution in [0.5, 0.6) is 0 Å². The van der Waals surface area contributed by atoms with Crippen LogP contribution in [0.15, 0.2) is 0 Å². The van der Waals surface area contributed by atoms with Gasteiger partial charge in [-0.1, -0.05) is 149 Å². The van der Waals surface area contributed by atoms with Crippen molar-refractivity contribution >= 4 is 10.4 Å². The second kappa shape index (κ2) is 29.9. The van der Waals surface area contributed by atoms with Crippen LogP contribution in [0.1, 0.15) is 162 Å². The van der Waals surface area contributed by atoms with Crippen LogP contribution in [-0.2, 0) is 14.6 Å². The number of hydrogen-bond donors (Lipinski definition) is 2. The van der Waals surface area contributed by atoms with E-state index in [1.165, 1.54) is 128 Å². The van der Waals surface area contributed by atoms with E-state index >= 15 is 0 Å². The summed E-state index contributed by atoms with van der Waals surface area (Å²) < 4.78 is 33.1. The molecule has 0 amide bonds. The Hall–Kier alpha value is -0.170. The first-order valence-electron chi connectivity index (χ1n) is 14.3. The molecule has 0 saturated carbocycles. The molecule has 0 atom stereocenters. The lowest BCUT2D eigenvalue weighted by atomic mass is 10.1. The molecule has 0 radical (unpaired) electrons. The Morgan fingerprint density at radius 3 is 1.06 bits per heavy atom. The van der Waals surface area contributed by atoms with E-state index in [1.807, 2.05) is 0 Å². The van der Waals surface area contributed by atoms with Crippen molar-refractivity contribution in [2.75, 3.05) is 13.2 Å². The summed E-state index contributed by atoms with van der Waals surface area (Å²) in [4.78, 5) is 0. The van der Waals surface area contributed by atoms with Gasteiger partial charge in [0.15, 0.2) is 0 Å². The average Bonchev–Trinajstić information content (AvgIpc) is 2.78. The van der Waals surface area contributed by atoms with Crippen molar-refractivity contribution < 1.29 is 17.2 Å². The second-order valence-electron chi connectivity index (χ2n) is 9.46. The molecule has 0 saturated heterocycles. The Labute approximate surface area is 208 Å². The lowest BCUT2D eigenvalue weighted by Crippen LogP contribution is -2.04. The molecule has 0 aliphatic rings. The van der Waals surface area contributed by atoms with Gasteiger partial charge in [-0.3, -0.25) is 4.55 Å². The van der Waals surface area contributed by atoms with E-state index in [9.17, 15) is 8.42 Å². The minimum atomic E-state index is -4.24. The van der Waals surface area contributed by atoms with Crippen molar-refractivity contribution in [3.05, 3.63) is 0 Å². The van der Waals surface area contributed by atoms with E-state index in [1.54, 1.807) is 0 Å². The quantitative estimate of drug-likeness (QED) is 0.0979. The van der Waals surface area contributed by atoms with Gasteiger partial charge in [0, 0.05) is 0 Å². The molecule has 33 heavy (non-hydrogen) atoms. The van der Waals surface area contributed by atoms with E-state index in [-0.39, 0.29) is 6.61 Å². The molecule has 0 aromatic carbocycles. The number of nitrogens with two attached hydrogens (primary N) is 1. The molecule has 3 N–H and O–H groups in total. The topological polar surface area (TPSA) is 89.6 Å². The summed E-state index contributed by atoms with van der Waals surface area (Å²) in [7, 11) is -4.24. The van der Waals surface area contributed by atoms with Crippen LogP contribution < -0.4 is 5.73 Å². The summed E-state index contributed by atoms with van der Waals surface area (Å²) in [6.07, 6.45) is 30.1. The fourth-order valence-electron chi connectivity index (χ4n) is 3.92. The van der Waals surface area contributed by atoms with Gasteiger partial charge in [-0.05, 0) is 19.4 Å². The van der Waals surface area contributed by atoms with Crippen LogP contribution in [0, 0.1) is 0 Å². The standard InChI is InChI=1S/C14H30O4S.C13H29N/c1-2-3-4-5-6-7-8-9-10-11-12-13-14-18-19(15,16)17;1-2-3-4-5-6-7-8-9-10-11-12-13-14/h2-14H2,1H3,(H,15,16,17);2-14H2,1H3. The highest BCUT2D eigenvalue weighted by Gasteiger charge is 2.02. The van der Waals surface area contributed by atoms with Crippen molar-refractivity contribution in [3.8, 4) is 0 Å². The molecule has 5 nitrogen and oxygen atoms in total. The Morgan fingerprint density at radius 1 is 0.515 bits per heavy atom. The monoisotopic (exact) mass is 493 g/mol. The predicted octanol–water partition coefficient (Wildman–Crippen LogP) is 8.76. The summed E-state index contributed by atoms with van der Waals surface area (Å²) in [6, 6.07) is 0. The van der Waals surface area contributed by atoms with Gasteiger partial charge in [0.1, 0.15) is 0 Å².